The van der Waals surface area contributed by atoms with Crippen LogP contribution in [0, 0.1) is 6.92 Å². The van der Waals surface area contributed by atoms with Crippen LogP contribution in [0.3, 0.4) is 0 Å². The molecule has 2 rings (SSSR count). The lowest BCUT2D eigenvalue weighted by atomic mass is 10.1. The molecule has 6 nitrogen and oxygen atoms in total. The molecule has 0 aliphatic carbocycles. The molecule has 2 atom stereocenters. The number of benzene rings is 1. The van der Waals surface area contributed by atoms with Crippen LogP contribution in [0.15, 0.2) is 23.1 Å². The summed E-state index contributed by atoms with van der Waals surface area (Å²) in [6.07, 6.45) is 2.81. The Morgan fingerprint density at radius 3 is 2.57 bits per heavy atom. The van der Waals surface area contributed by atoms with Crippen molar-refractivity contribution in [2.24, 2.45) is 0 Å². The molecule has 1 amide bonds. The quantitative estimate of drug-likeness (QED) is 0.717. The summed E-state index contributed by atoms with van der Waals surface area (Å²) >= 11 is 0. The molecule has 1 aliphatic heterocycles. The summed E-state index contributed by atoms with van der Waals surface area (Å²) in [7, 11) is -3.59. The molecule has 0 aromatic heterocycles. The van der Waals surface area contributed by atoms with Gasteiger partial charge < -0.3 is 5.32 Å². The van der Waals surface area contributed by atoms with Crippen molar-refractivity contribution in [1.29, 1.82) is 0 Å². The fraction of sp³-hybridized carbons (Fsp3) is 0.667. The van der Waals surface area contributed by atoms with Gasteiger partial charge in [0.2, 0.25) is 10.0 Å². The van der Waals surface area contributed by atoms with Gasteiger partial charge >= 0.3 is 0 Å². The van der Waals surface area contributed by atoms with E-state index in [1.807, 2.05) is 13.8 Å². The predicted octanol–water partition coefficient (Wildman–Crippen LogP) is 3.02. The molecular weight excluding hydrogens is 374 g/mol. The number of likely N-dealkylation sites (N-methyl/N-ethyl adjacent to an activating group) is 1. The van der Waals surface area contributed by atoms with E-state index in [9.17, 15) is 13.2 Å². The highest BCUT2D eigenvalue weighted by Crippen LogP contribution is 2.26. The third kappa shape index (κ3) is 5.13. The largest absolute Gasteiger partial charge is 0.350 e. The fourth-order valence-corrected chi connectivity index (χ4v) is 5.61. The number of hydrogen-bond donors (Lipinski definition) is 1. The van der Waals surface area contributed by atoms with Crippen LogP contribution in [0.5, 0.6) is 0 Å². The molecule has 0 spiro atoms. The number of aryl methyl sites for hydroxylation is 1. The first-order valence-electron chi connectivity index (χ1n) is 10.4. The Balaban J connectivity index is 2.19. The Morgan fingerprint density at radius 2 is 1.96 bits per heavy atom. The SMILES string of the molecule is CCN(CC)C(C)CNC(=O)c1cc(S(=O)(=O)N2CCCCC2C)ccc1C. The van der Waals surface area contributed by atoms with E-state index in [4.69, 9.17) is 0 Å². The van der Waals surface area contributed by atoms with Gasteiger partial charge in [-0.3, -0.25) is 9.69 Å². The van der Waals surface area contributed by atoms with E-state index in [2.05, 4.69) is 31.0 Å². The summed E-state index contributed by atoms with van der Waals surface area (Å²) in [5.74, 6) is -0.222. The Morgan fingerprint density at radius 1 is 1.29 bits per heavy atom. The number of nitrogens with one attached hydrogen (secondary N) is 1. The number of piperidine rings is 1. The molecule has 1 N–H and O–H groups in total. The molecule has 1 fully saturated rings. The van der Waals surface area contributed by atoms with Gasteiger partial charge in [-0.2, -0.15) is 4.31 Å². The van der Waals surface area contributed by atoms with Gasteiger partial charge in [0.15, 0.2) is 0 Å². The minimum Gasteiger partial charge on any atom is -0.350 e. The molecule has 1 aromatic rings. The number of carbonyl (C=O) groups excluding carboxylic acids is 1. The van der Waals surface area contributed by atoms with Gasteiger partial charge in [-0.1, -0.05) is 26.3 Å². The minimum absolute atomic E-state index is 0.00718. The third-order valence-corrected chi connectivity index (χ3v) is 7.81. The second kappa shape index (κ2) is 9.85. The number of sulfonamides is 1. The summed E-state index contributed by atoms with van der Waals surface area (Å²) < 4.78 is 27.8. The highest BCUT2D eigenvalue weighted by Gasteiger charge is 2.31. The second-order valence-electron chi connectivity index (χ2n) is 7.72. The molecule has 7 heteroatoms. The van der Waals surface area contributed by atoms with Crippen molar-refractivity contribution < 1.29 is 13.2 Å². The molecule has 1 aromatic carbocycles. The van der Waals surface area contributed by atoms with Crippen molar-refractivity contribution >= 4 is 15.9 Å². The lowest BCUT2D eigenvalue weighted by Gasteiger charge is -2.32. The van der Waals surface area contributed by atoms with E-state index in [-0.39, 0.29) is 22.9 Å². The smallest absolute Gasteiger partial charge is 0.251 e. The molecule has 2 unspecified atom stereocenters. The Hall–Kier alpha value is -1.44. The minimum atomic E-state index is -3.59. The zero-order valence-corrected chi connectivity index (χ0v) is 18.7. The summed E-state index contributed by atoms with van der Waals surface area (Å²) in [6, 6.07) is 5.09. The fourth-order valence-electron chi connectivity index (χ4n) is 3.88. The lowest BCUT2D eigenvalue weighted by molar-refractivity contribution is 0.0937. The predicted molar refractivity (Wildman–Crippen MR) is 113 cm³/mol. The number of carbonyl (C=O) groups is 1. The van der Waals surface area contributed by atoms with Gasteiger partial charge in [0.25, 0.3) is 5.91 Å². The van der Waals surface area contributed by atoms with Crippen molar-refractivity contribution in [3.05, 3.63) is 29.3 Å². The first-order chi connectivity index (χ1) is 13.2. The number of nitrogens with zero attached hydrogens (tertiary/aromatic N) is 2. The zero-order valence-electron chi connectivity index (χ0n) is 17.9. The van der Waals surface area contributed by atoms with E-state index in [0.29, 0.717) is 18.7 Å². The summed E-state index contributed by atoms with van der Waals surface area (Å²) in [6.45, 7) is 13.0. The molecule has 1 heterocycles. The van der Waals surface area contributed by atoms with Crippen LogP contribution in [0.4, 0.5) is 0 Å². The van der Waals surface area contributed by atoms with Gasteiger partial charge in [-0.05, 0) is 64.4 Å². The summed E-state index contributed by atoms with van der Waals surface area (Å²) in [4.78, 5) is 15.2. The average Bonchev–Trinajstić information content (AvgIpc) is 2.67. The van der Waals surface area contributed by atoms with Crippen LogP contribution in [0.25, 0.3) is 0 Å². The van der Waals surface area contributed by atoms with Crippen LogP contribution in [0.1, 0.15) is 62.9 Å². The molecule has 0 radical (unpaired) electrons. The van der Waals surface area contributed by atoms with Crippen molar-refractivity contribution in [3.63, 3.8) is 0 Å². The number of rotatable bonds is 8. The van der Waals surface area contributed by atoms with Crippen molar-refractivity contribution in [3.8, 4) is 0 Å². The summed E-state index contributed by atoms with van der Waals surface area (Å²) in [5.41, 5.74) is 1.20. The van der Waals surface area contributed by atoms with Crippen molar-refractivity contribution in [2.45, 2.75) is 70.9 Å². The average molecular weight is 410 g/mol. The standard InChI is InChI=1S/C21H35N3O3S/c1-6-23(7-2)18(5)15-22-21(25)20-14-19(12-11-16(20)3)28(26,27)24-13-9-8-10-17(24)4/h11-12,14,17-18H,6-10,13,15H2,1-5H3,(H,22,25). The highest BCUT2D eigenvalue weighted by molar-refractivity contribution is 7.89. The monoisotopic (exact) mass is 409 g/mol. The second-order valence-corrected chi connectivity index (χ2v) is 9.61. The maximum absolute atomic E-state index is 13.1. The maximum Gasteiger partial charge on any atom is 0.251 e. The van der Waals surface area contributed by atoms with Crippen molar-refractivity contribution in [2.75, 3.05) is 26.2 Å². The topological polar surface area (TPSA) is 69.7 Å². The number of amides is 1. The molecule has 1 aliphatic rings. The van der Waals surface area contributed by atoms with Gasteiger partial charge in [-0.25, -0.2) is 8.42 Å². The lowest BCUT2D eigenvalue weighted by Crippen LogP contribution is -2.42. The molecule has 0 bridgehead atoms. The molecule has 158 valence electrons. The van der Waals surface area contributed by atoms with E-state index in [0.717, 1.165) is 37.9 Å². The van der Waals surface area contributed by atoms with Crippen LogP contribution in [-0.4, -0.2) is 61.8 Å². The van der Waals surface area contributed by atoms with Crippen LogP contribution >= 0.6 is 0 Å². The maximum atomic E-state index is 13.1. The van der Waals surface area contributed by atoms with E-state index in [1.54, 1.807) is 16.4 Å². The molecule has 1 saturated heterocycles. The van der Waals surface area contributed by atoms with Crippen LogP contribution < -0.4 is 5.32 Å². The van der Waals surface area contributed by atoms with Gasteiger partial charge in [0.05, 0.1) is 4.90 Å². The third-order valence-electron chi connectivity index (χ3n) is 5.80. The molecule has 0 saturated carbocycles. The van der Waals surface area contributed by atoms with E-state index in [1.165, 1.54) is 6.07 Å². The Labute approximate surface area is 170 Å². The van der Waals surface area contributed by atoms with Crippen molar-refractivity contribution in [1.82, 2.24) is 14.5 Å². The molecule has 28 heavy (non-hydrogen) atoms. The highest BCUT2D eigenvalue weighted by atomic mass is 32.2. The molecular formula is C21H35N3O3S. The first kappa shape index (κ1) is 22.8. The van der Waals surface area contributed by atoms with Gasteiger partial charge in [0, 0.05) is 30.7 Å². The van der Waals surface area contributed by atoms with Gasteiger partial charge in [-0.15, -0.1) is 0 Å². The van der Waals surface area contributed by atoms with Crippen LogP contribution in [-0.2, 0) is 10.0 Å². The Kier molecular flexibility index (Phi) is 8.04. The normalized spacial score (nSPS) is 19.6. The van der Waals surface area contributed by atoms with E-state index >= 15 is 0 Å². The zero-order chi connectivity index (χ0) is 20.9. The summed E-state index contributed by atoms with van der Waals surface area (Å²) in [5, 5.41) is 2.97. The van der Waals surface area contributed by atoms with Gasteiger partial charge in [0.1, 0.15) is 0 Å². The Bertz CT molecular complexity index is 775. The first-order valence-corrected chi connectivity index (χ1v) is 11.8. The number of hydrogen-bond acceptors (Lipinski definition) is 4. The van der Waals surface area contributed by atoms with Crippen LogP contribution in [0.2, 0.25) is 0 Å². The van der Waals surface area contributed by atoms with E-state index < -0.39 is 10.0 Å².